The first-order chi connectivity index (χ1) is 8.99. The zero-order valence-electron chi connectivity index (χ0n) is 10.8. The molecule has 1 aliphatic rings. The molecule has 7 nitrogen and oxygen atoms in total. The lowest BCUT2D eigenvalue weighted by Gasteiger charge is -2.20. The van der Waals surface area contributed by atoms with E-state index in [2.05, 4.69) is 10.4 Å². The van der Waals surface area contributed by atoms with E-state index in [1.54, 1.807) is 4.68 Å². The summed E-state index contributed by atoms with van der Waals surface area (Å²) < 4.78 is 1.68. The van der Waals surface area contributed by atoms with Gasteiger partial charge in [0.1, 0.15) is 6.04 Å². The van der Waals surface area contributed by atoms with Crippen LogP contribution in [-0.2, 0) is 18.4 Å². The Hall–Kier alpha value is -1.70. The van der Waals surface area contributed by atoms with Gasteiger partial charge in [0.2, 0.25) is 0 Å². The van der Waals surface area contributed by atoms with Crippen LogP contribution in [0.5, 0.6) is 0 Å². The number of amides is 2. The lowest BCUT2D eigenvalue weighted by Crippen LogP contribution is -2.46. The first-order valence-corrected chi connectivity index (χ1v) is 6.98. The van der Waals surface area contributed by atoms with E-state index in [0.29, 0.717) is 18.2 Å². The van der Waals surface area contributed by atoms with E-state index in [0.717, 1.165) is 11.3 Å². The Morgan fingerprint density at radius 2 is 2.37 bits per heavy atom. The van der Waals surface area contributed by atoms with Crippen molar-refractivity contribution in [3.63, 3.8) is 0 Å². The van der Waals surface area contributed by atoms with Crippen molar-refractivity contribution in [2.45, 2.75) is 19.5 Å². The Kier molecular flexibility index (Phi) is 3.98. The second-order valence-corrected chi connectivity index (χ2v) is 5.40. The highest BCUT2D eigenvalue weighted by Crippen LogP contribution is 2.21. The molecule has 104 valence electrons. The van der Waals surface area contributed by atoms with Crippen LogP contribution in [0.15, 0.2) is 6.20 Å². The maximum atomic E-state index is 12.0. The predicted octanol–water partition coefficient (Wildman–Crippen LogP) is 0.398. The van der Waals surface area contributed by atoms with Crippen molar-refractivity contribution < 1.29 is 14.7 Å². The summed E-state index contributed by atoms with van der Waals surface area (Å²) in [6.07, 6.45) is 1.84. The molecule has 1 saturated heterocycles. The van der Waals surface area contributed by atoms with Crippen LogP contribution in [0.2, 0.25) is 0 Å². The van der Waals surface area contributed by atoms with Crippen molar-refractivity contribution in [3.8, 4) is 0 Å². The normalized spacial score (nSPS) is 18.6. The van der Waals surface area contributed by atoms with Crippen molar-refractivity contribution in [1.29, 1.82) is 0 Å². The molecule has 1 aromatic heterocycles. The summed E-state index contributed by atoms with van der Waals surface area (Å²) in [6.45, 7) is 2.22. The van der Waals surface area contributed by atoms with E-state index >= 15 is 0 Å². The van der Waals surface area contributed by atoms with E-state index in [-0.39, 0.29) is 6.03 Å². The van der Waals surface area contributed by atoms with Gasteiger partial charge < -0.3 is 15.3 Å². The van der Waals surface area contributed by atoms with Gasteiger partial charge in [-0.1, -0.05) is 0 Å². The Labute approximate surface area is 115 Å². The van der Waals surface area contributed by atoms with Gasteiger partial charge in [-0.15, -0.1) is 11.8 Å². The number of carbonyl (C=O) groups excluding carboxylic acids is 1. The second-order valence-electron chi connectivity index (χ2n) is 4.40. The van der Waals surface area contributed by atoms with Crippen molar-refractivity contribution >= 4 is 23.8 Å². The topological polar surface area (TPSA) is 87.5 Å². The Balaban J connectivity index is 1.94. The maximum Gasteiger partial charge on any atom is 0.327 e. The number of nitrogens with one attached hydrogen (secondary N) is 1. The highest BCUT2D eigenvalue weighted by Gasteiger charge is 2.34. The van der Waals surface area contributed by atoms with Crippen molar-refractivity contribution in [2.75, 3.05) is 11.6 Å². The third-order valence-electron chi connectivity index (χ3n) is 2.97. The number of urea groups is 1. The van der Waals surface area contributed by atoms with E-state index < -0.39 is 12.0 Å². The Morgan fingerprint density at radius 1 is 1.63 bits per heavy atom. The number of hydrogen-bond acceptors (Lipinski definition) is 4. The largest absolute Gasteiger partial charge is 0.480 e. The number of thioether (sulfide) groups is 1. The smallest absolute Gasteiger partial charge is 0.327 e. The number of carboxylic acid groups (broad SMARTS) is 1. The van der Waals surface area contributed by atoms with E-state index in [1.165, 1.54) is 16.7 Å². The second kappa shape index (κ2) is 5.52. The van der Waals surface area contributed by atoms with Gasteiger partial charge in [-0.3, -0.25) is 4.68 Å². The van der Waals surface area contributed by atoms with Crippen LogP contribution < -0.4 is 5.32 Å². The lowest BCUT2D eigenvalue weighted by atomic mass is 10.2. The van der Waals surface area contributed by atoms with Gasteiger partial charge in [0, 0.05) is 31.1 Å². The summed E-state index contributed by atoms with van der Waals surface area (Å²) >= 11 is 1.44. The fraction of sp³-hybridized carbons (Fsp3) is 0.545. The zero-order chi connectivity index (χ0) is 14.0. The first-order valence-electron chi connectivity index (χ1n) is 5.83. The Bertz CT molecular complexity index is 502. The summed E-state index contributed by atoms with van der Waals surface area (Å²) in [4.78, 5) is 24.3. The van der Waals surface area contributed by atoms with Gasteiger partial charge in [-0.25, -0.2) is 9.59 Å². The van der Waals surface area contributed by atoms with Gasteiger partial charge in [-0.05, 0) is 6.92 Å². The quantitative estimate of drug-likeness (QED) is 0.839. The molecule has 2 N–H and O–H groups in total. The summed E-state index contributed by atoms with van der Waals surface area (Å²) in [5.41, 5.74) is 1.78. The van der Waals surface area contributed by atoms with Crippen LogP contribution in [-0.4, -0.2) is 49.5 Å². The molecular weight excluding hydrogens is 268 g/mol. The summed E-state index contributed by atoms with van der Waals surface area (Å²) in [6, 6.07) is -1.08. The minimum Gasteiger partial charge on any atom is -0.480 e. The molecule has 19 heavy (non-hydrogen) atoms. The van der Waals surface area contributed by atoms with Gasteiger partial charge in [0.25, 0.3) is 0 Å². The zero-order valence-corrected chi connectivity index (χ0v) is 11.6. The van der Waals surface area contributed by atoms with E-state index in [1.807, 2.05) is 20.2 Å². The highest BCUT2D eigenvalue weighted by atomic mass is 32.2. The molecule has 0 aliphatic carbocycles. The molecule has 2 rings (SSSR count). The van der Waals surface area contributed by atoms with Crippen molar-refractivity contribution in [3.05, 3.63) is 17.5 Å². The Morgan fingerprint density at radius 3 is 2.95 bits per heavy atom. The summed E-state index contributed by atoms with van der Waals surface area (Å²) in [7, 11) is 1.82. The number of aromatic nitrogens is 2. The molecule has 2 amide bonds. The highest BCUT2D eigenvalue weighted by molar-refractivity contribution is 7.99. The SMILES string of the molecule is Cc1nn(C)cc1CNC(=O)N1CSCC1C(=O)O. The predicted molar refractivity (Wildman–Crippen MR) is 70.8 cm³/mol. The average Bonchev–Trinajstić information content (AvgIpc) is 2.93. The van der Waals surface area contributed by atoms with Crippen molar-refractivity contribution in [1.82, 2.24) is 20.0 Å². The standard InChI is InChI=1S/C11H16N4O3S/c1-7-8(4-14(2)13-7)3-12-11(18)15-6-19-5-9(15)10(16)17/h4,9H,3,5-6H2,1-2H3,(H,12,18)(H,16,17). The maximum absolute atomic E-state index is 12.0. The molecule has 2 heterocycles. The van der Waals surface area contributed by atoms with Crippen LogP contribution in [0.4, 0.5) is 4.79 Å². The number of carbonyl (C=O) groups is 2. The van der Waals surface area contributed by atoms with Crippen molar-refractivity contribution in [2.24, 2.45) is 7.05 Å². The van der Waals surface area contributed by atoms with Crippen LogP contribution in [0.25, 0.3) is 0 Å². The lowest BCUT2D eigenvalue weighted by molar-refractivity contribution is -0.140. The van der Waals surface area contributed by atoms with Gasteiger partial charge in [0.05, 0.1) is 11.6 Å². The molecule has 0 bridgehead atoms. The molecule has 0 saturated carbocycles. The number of carboxylic acids is 1. The monoisotopic (exact) mass is 284 g/mol. The summed E-state index contributed by atoms with van der Waals surface area (Å²) in [5.74, 6) is -0.110. The molecule has 8 heteroatoms. The van der Waals surface area contributed by atoms with Gasteiger partial charge >= 0.3 is 12.0 Å². The molecule has 0 radical (unpaired) electrons. The molecule has 0 spiro atoms. The number of hydrogen-bond donors (Lipinski definition) is 2. The number of rotatable bonds is 3. The number of aliphatic carboxylic acids is 1. The van der Waals surface area contributed by atoms with Gasteiger partial charge in [0.15, 0.2) is 0 Å². The molecule has 1 aliphatic heterocycles. The first kappa shape index (κ1) is 13.7. The van der Waals surface area contributed by atoms with E-state index in [4.69, 9.17) is 5.11 Å². The average molecular weight is 284 g/mol. The molecular formula is C11H16N4O3S. The molecule has 1 fully saturated rings. The third-order valence-corrected chi connectivity index (χ3v) is 3.99. The molecule has 1 aromatic rings. The number of nitrogens with zero attached hydrogens (tertiary/aromatic N) is 3. The van der Waals surface area contributed by atoms with Crippen LogP contribution in [0.3, 0.4) is 0 Å². The number of aryl methyl sites for hydroxylation is 2. The minimum atomic E-state index is -0.960. The summed E-state index contributed by atoms with van der Waals surface area (Å²) in [5, 5.41) is 15.9. The van der Waals surface area contributed by atoms with Crippen LogP contribution in [0, 0.1) is 6.92 Å². The van der Waals surface area contributed by atoms with Crippen LogP contribution in [0.1, 0.15) is 11.3 Å². The molecule has 1 unspecified atom stereocenters. The third kappa shape index (κ3) is 3.01. The van der Waals surface area contributed by atoms with Gasteiger partial charge in [-0.2, -0.15) is 5.10 Å². The van der Waals surface area contributed by atoms with Crippen LogP contribution >= 0.6 is 11.8 Å². The fourth-order valence-corrected chi connectivity index (χ4v) is 3.09. The van der Waals surface area contributed by atoms with E-state index in [9.17, 15) is 9.59 Å². The minimum absolute atomic E-state index is 0.347. The fourth-order valence-electron chi connectivity index (χ4n) is 1.94. The molecule has 0 aromatic carbocycles. The molecule has 1 atom stereocenters.